The Morgan fingerprint density at radius 2 is 1.84 bits per heavy atom. The molecule has 0 N–H and O–H groups in total. The Kier molecular flexibility index (Phi) is 6.43. The number of pyridine rings is 1. The second kappa shape index (κ2) is 7.59. The van der Waals surface area contributed by atoms with Crippen molar-refractivity contribution >= 4 is 7.60 Å². The molecule has 0 radical (unpaired) electrons. The molecule has 4 nitrogen and oxygen atoms in total. The van der Waals surface area contributed by atoms with Crippen LogP contribution in [-0.4, -0.2) is 18.2 Å². The molecule has 0 aromatic carbocycles. The number of nitrogens with zero attached hydrogens (tertiary/aromatic N) is 1. The monoisotopic (exact) mass is 283 g/mol. The number of hydrogen-bond acceptors (Lipinski definition) is 4. The van der Waals surface area contributed by atoms with E-state index >= 15 is 0 Å². The van der Waals surface area contributed by atoms with Gasteiger partial charge in [0, 0.05) is 23.6 Å². The van der Waals surface area contributed by atoms with E-state index in [0.29, 0.717) is 19.6 Å². The van der Waals surface area contributed by atoms with Crippen LogP contribution in [0.3, 0.4) is 0 Å². The molecule has 1 heterocycles. The average molecular weight is 283 g/mol. The van der Waals surface area contributed by atoms with E-state index in [1.165, 1.54) is 11.4 Å². The summed E-state index contributed by atoms with van der Waals surface area (Å²) in [7, 11) is -3.09. The summed E-state index contributed by atoms with van der Waals surface area (Å²) in [6.45, 7) is 8.32. The number of hydrogen-bond donors (Lipinski definition) is 0. The molecule has 19 heavy (non-hydrogen) atoms. The first-order valence-electron chi connectivity index (χ1n) is 6.49. The SMILES string of the molecule is CCOP(=O)(/C=C/Cc1cc(C)cc(C)n1)OCC. The maximum absolute atomic E-state index is 12.2. The van der Waals surface area contributed by atoms with Crippen LogP contribution in [-0.2, 0) is 20.0 Å². The van der Waals surface area contributed by atoms with Crippen LogP contribution >= 0.6 is 7.60 Å². The molecule has 5 heteroatoms. The van der Waals surface area contributed by atoms with Crippen molar-refractivity contribution in [3.05, 3.63) is 41.0 Å². The van der Waals surface area contributed by atoms with Crippen molar-refractivity contribution < 1.29 is 13.6 Å². The van der Waals surface area contributed by atoms with Gasteiger partial charge in [-0.2, -0.15) is 0 Å². The summed E-state index contributed by atoms with van der Waals surface area (Å²) in [6, 6.07) is 4.04. The van der Waals surface area contributed by atoms with E-state index in [0.717, 1.165) is 11.4 Å². The lowest BCUT2D eigenvalue weighted by molar-refractivity contribution is 0.229. The first kappa shape index (κ1) is 16.1. The lowest BCUT2D eigenvalue weighted by Crippen LogP contribution is -1.94. The van der Waals surface area contributed by atoms with Crippen molar-refractivity contribution in [2.45, 2.75) is 34.1 Å². The van der Waals surface area contributed by atoms with Crippen molar-refractivity contribution in [2.75, 3.05) is 13.2 Å². The van der Waals surface area contributed by atoms with Gasteiger partial charge in [-0.15, -0.1) is 0 Å². The fraction of sp³-hybridized carbons (Fsp3) is 0.500. The van der Waals surface area contributed by atoms with Gasteiger partial charge in [0.1, 0.15) is 0 Å². The molecule has 0 aliphatic rings. The van der Waals surface area contributed by atoms with Crippen LogP contribution in [0.4, 0.5) is 0 Å². The normalized spacial score (nSPS) is 12.2. The number of aromatic nitrogens is 1. The Morgan fingerprint density at radius 3 is 2.37 bits per heavy atom. The minimum atomic E-state index is -3.09. The highest BCUT2D eigenvalue weighted by molar-refractivity contribution is 7.57. The Labute approximate surface area is 115 Å². The molecule has 0 aliphatic heterocycles. The molecule has 0 bridgehead atoms. The molecule has 0 saturated carbocycles. The zero-order valence-electron chi connectivity index (χ0n) is 12.0. The van der Waals surface area contributed by atoms with Gasteiger partial charge in [0.25, 0.3) is 0 Å². The van der Waals surface area contributed by atoms with Crippen LogP contribution in [0.25, 0.3) is 0 Å². The van der Waals surface area contributed by atoms with Gasteiger partial charge in [-0.05, 0) is 45.4 Å². The van der Waals surface area contributed by atoms with Gasteiger partial charge in [-0.3, -0.25) is 9.55 Å². The summed E-state index contributed by atoms with van der Waals surface area (Å²) in [5, 5.41) is 0. The van der Waals surface area contributed by atoms with E-state index in [1.807, 2.05) is 26.0 Å². The second-order valence-electron chi connectivity index (χ2n) is 4.24. The highest BCUT2D eigenvalue weighted by Crippen LogP contribution is 2.49. The van der Waals surface area contributed by atoms with Crippen molar-refractivity contribution in [1.29, 1.82) is 0 Å². The van der Waals surface area contributed by atoms with E-state index < -0.39 is 7.60 Å². The topological polar surface area (TPSA) is 48.4 Å². The zero-order chi connectivity index (χ0) is 14.3. The van der Waals surface area contributed by atoms with E-state index in [4.69, 9.17) is 9.05 Å². The summed E-state index contributed by atoms with van der Waals surface area (Å²) >= 11 is 0. The van der Waals surface area contributed by atoms with E-state index in [-0.39, 0.29) is 0 Å². The summed E-state index contributed by atoms with van der Waals surface area (Å²) in [4.78, 5) is 4.42. The molecule has 1 aromatic heterocycles. The maximum atomic E-state index is 12.2. The van der Waals surface area contributed by atoms with Gasteiger partial charge in [-0.1, -0.05) is 6.08 Å². The van der Waals surface area contributed by atoms with E-state index in [2.05, 4.69) is 4.98 Å². The van der Waals surface area contributed by atoms with Gasteiger partial charge < -0.3 is 9.05 Å². The van der Waals surface area contributed by atoms with Gasteiger partial charge in [-0.25, -0.2) is 0 Å². The van der Waals surface area contributed by atoms with E-state index in [1.54, 1.807) is 19.9 Å². The van der Waals surface area contributed by atoms with Crippen LogP contribution in [0.2, 0.25) is 0 Å². The largest absolute Gasteiger partial charge is 0.353 e. The van der Waals surface area contributed by atoms with Crippen LogP contribution in [0.15, 0.2) is 24.0 Å². The molecule has 0 unspecified atom stereocenters. The van der Waals surface area contributed by atoms with Gasteiger partial charge >= 0.3 is 7.60 Å². The second-order valence-corrected chi connectivity index (χ2v) is 6.14. The number of rotatable bonds is 7. The standard InChI is InChI=1S/C14H22NO3P/c1-5-17-19(16,18-6-2)9-7-8-14-11-12(3)10-13(4)15-14/h7,9-11H,5-6,8H2,1-4H3/b9-7+. The first-order valence-corrected chi connectivity index (χ1v) is 8.11. The summed E-state index contributed by atoms with van der Waals surface area (Å²) in [5.74, 6) is 1.53. The highest BCUT2D eigenvalue weighted by atomic mass is 31.2. The Bertz CT molecular complexity index is 455. The number of allylic oxidation sites excluding steroid dienone is 1. The van der Waals surface area contributed by atoms with Gasteiger partial charge in [0.15, 0.2) is 0 Å². The lowest BCUT2D eigenvalue weighted by Gasteiger charge is -2.12. The molecule has 0 aliphatic carbocycles. The van der Waals surface area contributed by atoms with Crippen LogP contribution in [0.5, 0.6) is 0 Å². The Balaban J connectivity index is 2.72. The third kappa shape index (κ3) is 5.68. The van der Waals surface area contributed by atoms with Gasteiger partial charge in [0.05, 0.1) is 13.2 Å². The van der Waals surface area contributed by atoms with Crippen LogP contribution in [0.1, 0.15) is 30.8 Å². The van der Waals surface area contributed by atoms with Crippen LogP contribution < -0.4 is 0 Å². The molecule has 0 fully saturated rings. The molecule has 106 valence electrons. The molecular weight excluding hydrogens is 261 g/mol. The highest BCUT2D eigenvalue weighted by Gasteiger charge is 2.18. The predicted molar refractivity (Wildman–Crippen MR) is 77.4 cm³/mol. The maximum Gasteiger partial charge on any atom is 0.353 e. The molecule has 0 spiro atoms. The van der Waals surface area contributed by atoms with Crippen molar-refractivity contribution in [3.8, 4) is 0 Å². The third-order valence-electron chi connectivity index (χ3n) is 2.38. The average Bonchev–Trinajstić information content (AvgIpc) is 2.28. The molecule has 0 atom stereocenters. The Hall–Kier alpha value is -0.960. The van der Waals surface area contributed by atoms with E-state index in [9.17, 15) is 4.57 Å². The van der Waals surface area contributed by atoms with Crippen LogP contribution in [0, 0.1) is 13.8 Å². The molecule has 0 amide bonds. The quantitative estimate of drug-likeness (QED) is 0.709. The molecule has 1 aromatic rings. The smallest absolute Gasteiger partial charge is 0.306 e. The number of aryl methyl sites for hydroxylation is 2. The fourth-order valence-electron chi connectivity index (χ4n) is 1.82. The summed E-state index contributed by atoms with van der Waals surface area (Å²) in [5.41, 5.74) is 3.11. The van der Waals surface area contributed by atoms with Gasteiger partial charge in [0.2, 0.25) is 0 Å². The predicted octanol–water partition coefficient (Wildman–Crippen LogP) is 4.02. The molecular formula is C14H22NO3P. The van der Waals surface area contributed by atoms with Crippen molar-refractivity contribution in [1.82, 2.24) is 4.98 Å². The Morgan fingerprint density at radius 1 is 1.21 bits per heavy atom. The fourth-order valence-corrected chi connectivity index (χ4v) is 3.15. The zero-order valence-corrected chi connectivity index (χ0v) is 12.9. The van der Waals surface area contributed by atoms with Crippen molar-refractivity contribution in [3.63, 3.8) is 0 Å². The lowest BCUT2D eigenvalue weighted by atomic mass is 10.2. The molecule has 0 saturated heterocycles. The minimum absolute atomic E-state index is 0.365. The molecule has 1 rings (SSSR count). The minimum Gasteiger partial charge on any atom is -0.306 e. The first-order chi connectivity index (χ1) is 8.99. The third-order valence-corrected chi connectivity index (χ3v) is 4.20. The summed E-state index contributed by atoms with van der Waals surface area (Å²) in [6.07, 6.45) is 2.42. The van der Waals surface area contributed by atoms with Crippen molar-refractivity contribution in [2.24, 2.45) is 0 Å². The summed E-state index contributed by atoms with van der Waals surface area (Å²) < 4.78 is 22.5.